The number of nitrogens with zero attached hydrogens (tertiary/aromatic N) is 1. The van der Waals surface area contributed by atoms with Crippen LogP contribution in [0.25, 0.3) is 0 Å². The van der Waals surface area contributed by atoms with Crippen LogP contribution >= 0.6 is 0 Å². The van der Waals surface area contributed by atoms with E-state index in [1.165, 1.54) is 44.7 Å². The van der Waals surface area contributed by atoms with Crippen molar-refractivity contribution in [2.75, 3.05) is 46.2 Å². The lowest BCUT2D eigenvalue weighted by Crippen LogP contribution is -3.15. The highest BCUT2D eigenvalue weighted by Crippen LogP contribution is 2.28. The van der Waals surface area contributed by atoms with Gasteiger partial charge in [-0.1, -0.05) is 13.8 Å². The van der Waals surface area contributed by atoms with Crippen molar-refractivity contribution in [1.82, 2.24) is 4.31 Å². The molecule has 3 atom stereocenters. The minimum absolute atomic E-state index is 0.117. The highest BCUT2D eigenvalue weighted by molar-refractivity contribution is 7.89. The Morgan fingerprint density at radius 1 is 1.27 bits per heavy atom. The van der Waals surface area contributed by atoms with Gasteiger partial charge in [0.25, 0.3) is 5.91 Å². The Morgan fingerprint density at radius 3 is 2.42 bits per heavy atom. The molecule has 7 nitrogen and oxygen atoms in total. The second kappa shape index (κ2) is 8.37. The van der Waals surface area contributed by atoms with Gasteiger partial charge in [0.05, 0.1) is 30.8 Å². The van der Waals surface area contributed by atoms with Crippen molar-refractivity contribution in [3.63, 3.8) is 0 Å². The Kier molecular flexibility index (Phi) is 6.65. The number of rotatable bonds is 6. The van der Waals surface area contributed by atoms with Crippen LogP contribution in [0, 0.1) is 11.8 Å². The van der Waals surface area contributed by atoms with Gasteiger partial charge in [-0.15, -0.1) is 0 Å². The smallest absolute Gasteiger partial charge is 0.279 e. The van der Waals surface area contributed by atoms with Crippen molar-refractivity contribution in [1.29, 1.82) is 0 Å². The Labute approximate surface area is 156 Å². The van der Waals surface area contributed by atoms with E-state index >= 15 is 0 Å². The lowest BCUT2D eigenvalue weighted by Gasteiger charge is -2.31. The summed E-state index contributed by atoms with van der Waals surface area (Å²) in [5.74, 6) is 1.50. The first-order valence-electron chi connectivity index (χ1n) is 8.87. The quantitative estimate of drug-likeness (QED) is 0.746. The Bertz CT molecular complexity index is 739. The molecule has 1 amide bonds. The lowest BCUT2D eigenvalue weighted by atomic mass is 9.92. The molecule has 1 aromatic carbocycles. The number of benzene rings is 1. The summed E-state index contributed by atoms with van der Waals surface area (Å²) >= 11 is 0. The third-order valence-electron chi connectivity index (χ3n) is 4.71. The Balaban J connectivity index is 2.15. The van der Waals surface area contributed by atoms with Gasteiger partial charge in [-0.25, -0.2) is 12.7 Å². The molecule has 0 spiro atoms. The molecule has 2 N–H and O–H groups in total. The fourth-order valence-electron chi connectivity index (χ4n) is 3.64. The summed E-state index contributed by atoms with van der Waals surface area (Å²) in [5, 5.41) is 2.82. The van der Waals surface area contributed by atoms with E-state index in [1.807, 2.05) is 0 Å². The zero-order valence-corrected chi connectivity index (χ0v) is 17.0. The molecule has 0 radical (unpaired) electrons. The second-order valence-corrected chi connectivity index (χ2v) is 9.63. The molecule has 0 aromatic heterocycles. The van der Waals surface area contributed by atoms with Gasteiger partial charge in [0.1, 0.15) is 5.75 Å². The van der Waals surface area contributed by atoms with Gasteiger partial charge in [0.2, 0.25) is 10.0 Å². The number of anilines is 1. The topological polar surface area (TPSA) is 80.2 Å². The molecule has 1 aliphatic heterocycles. The van der Waals surface area contributed by atoms with Crippen LogP contribution in [0.5, 0.6) is 5.75 Å². The van der Waals surface area contributed by atoms with E-state index in [1.54, 1.807) is 6.07 Å². The van der Waals surface area contributed by atoms with Crippen LogP contribution < -0.4 is 15.0 Å². The fourth-order valence-corrected chi connectivity index (χ4v) is 4.57. The molecule has 1 unspecified atom stereocenters. The van der Waals surface area contributed by atoms with Crippen molar-refractivity contribution in [3.05, 3.63) is 18.2 Å². The number of piperidine rings is 1. The first kappa shape index (κ1) is 20.7. The zero-order chi connectivity index (χ0) is 19.5. The van der Waals surface area contributed by atoms with Crippen LogP contribution in [0.2, 0.25) is 0 Å². The van der Waals surface area contributed by atoms with Crippen LogP contribution in [0.4, 0.5) is 5.69 Å². The van der Waals surface area contributed by atoms with Gasteiger partial charge >= 0.3 is 0 Å². The fraction of sp³-hybridized carbons (Fsp3) is 0.611. The predicted molar refractivity (Wildman–Crippen MR) is 101 cm³/mol. The third kappa shape index (κ3) is 4.96. The van der Waals surface area contributed by atoms with Crippen LogP contribution in [0.15, 0.2) is 23.1 Å². The molecule has 0 bridgehead atoms. The summed E-state index contributed by atoms with van der Waals surface area (Å²) < 4.78 is 31.1. The minimum atomic E-state index is -3.58. The van der Waals surface area contributed by atoms with Gasteiger partial charge in [-0.3, -0.25) is 4.79 Å². The number of likely N-dealkylation sites (tertiary alicyclic amines) is 1. The number of hydrogen-bond donors (Lipinski definition) is 2. The molecule has 1 heterocycles. The van der Waals surface area contributed by atoms with Crippen LogP contribution in [-0.2, 0) is 14.8 Å². The van der Waals surface area contributed by atoms with Crippen molar-refractivity contribution in [3.8, 4) is 5.75 Å². The summed E-state index contributed by atoms with van der Waals surface area (Å²) in [7, 11) is 0.854. The predicted octanol–water partition coefficient (Wildman–Crippen LogP) is 0.445. The van der Waals surface area contributed by atoms with Crippen LogP contribution in [0.1, 0.15) is 20.3 Å². The molecule has 0 saturated carbocycles. The number of carbonyl (C=O) groups excluding carboxylic acids is 1. The number of hydrogen-bond acceptors (Lipinski definition) is 4. The zero-order valence-electron chi connectivity index (χ0n) is 16.2. The molecule has 26 heavy (non-hydrogen) atoms. The maximum Gasteiger partial charge on any atom is 0.279 e. The van der Waals surface area contributed by atoms with Gasteiger partial charge in [-0.2, -0.15) is 0 Å². The highest BCUT2D eigenvalue weighted by atomic mass is 32.2. The number of quaternary nitrogens is 1. The lowest BCUT2D eigenvalue weighted by molar-refractivity contribution is -0.904. The second-order valence-electron chi connectivity index (χ2n) is 7.48. The normalized spacial score (nSPS) is 23.7. The number of nitrogens with one attached hydrogen (secondary N) is 2. The minimum Gasteiger partial charge on any atom is -0.495 e. The van der Waals surface area contributed by atoms with E-state index in [0.29, 0.717) is 29.8 Å². The SMILES string of the molecule is COc1ccc(S(=O)(=O)N(C)C)cc1NC(=O)C[NH+]1C[C@H](C)C[C@H](C)C1. The molecule has 8 heteroatoms. The van der Waals surface area contributed by atoms with E-state index in [9.17, 15) is 13.2 Å². The van der Waals surface area contributed by atoms with Crippen molar-refractivity contribution in [2.45, 2.75) is 25.2 Å². The summed E-state index contributed by atoms with van der Waals surface area (Å²) in [5.41, 5.74) is 0.373. The first-order valence-corrected chi connectivity index (χ1v) is 10.3. The maximum absolute atomic E-state index is 12.5. The maximum atomic E-state index is 12.5. The van der Waals surface area contributed by atoms with E-state index in [4.69, 9.17) is 4.74 Å². The van der Waals surface area contributed by atoms with Gasteiger partial charge in [0, 0.05) is 25.9 Å². The van der Waals surface area contributed by atoms with Gasteiger partial charge in [0.15, 0.2) is 6.54 Å². The Hall–Kier alpha value is -1.64. The summed E-state index contributed by atoms with van der Waals surface area (Å²) in [6.45, 7) is 6.74. The van der Waals surface area contributed by atoms with Crippen molar-refractivity contribution >= 4 is 21.6 Å². The first-order chi connectivity index (χ1) is 12.1. The standard InChI is InChI=1S/C18H29N3O4S/c1-13-8-14(2)11-21(10-13)12-18(22)19-16-9-15(6-7-17(16)25-5)26(23,24)20(3)4/h6-7,9,13-14H,8,10-12H2,1-5H3,(H,19,22)/p+1/t13-,14+. The van der Waals surface area contributed by atoms with E-state index in [-0.39, 0.29) is 10.8 Å². The van der Waals surface area contributed by atoms with Crippen molar-refractivity contribution in [2.24, 2.45) is 11.8 Å². The molecular weight excluding hydrogens is 354 g/mol. The summed E-state index contributed by atoms with van der Waals surface area (Å²) in [6, 6.07) is 4.48. The third-order valence-corrected chi connectivity index (χ3v) is 6.52. The average molecular weight is 385 g/mol. The molecule has 1 aliphatic rings. The van der Waals surface area contributed by atoms with E-state index in [0.717, 1.165) is 17.4 Å². The molecule has 0 aliphatic carbocycles. The number of carbonyl (C=O) groups is 1. The van der Waals surface area contributed by atoms with Crippen LogP contribution in [-0.4, -0.2) is 59.5 Å². The molecular formula is C18H30N3O4S+. The van der Waals surface area contributed by atoms with Crippen LogP contribution in [0.3, 0.4) is 0 Å². The molecule has 2 rings (SSSR count). The average Bonchev–Trinajstić information content (AvgIpc) is 2.53. The molecule has 1 aromatic rings. The number of methoxy groups -OCH3 is 1. The largest absolute Gasteiger partial charge is 0.495 e. The molecule has 146 valence electrons. The van der Waals surface area contributed by atoms with Crippen molar-refractivity contribution < 1.29 is 22.8 Å². The Morgan fingerprint density at radius 2 is 1.88 bits per heavy atom. The highest BCUT2D eigenvalue weighted by Gasteiger charge is 2.27. The molecule has 1 fully saturated rings. The monoisotopic (exact) mass is 384 g/mol. The van der Waals surface area contributed by atoms with E-state index in [2.05, 4.69) is 19.2 Å². The molecule has 1 saturated heterocycles. The van der Waals surface area contributed by atoms with E-state index < -0.39 is 10.0 Å². The number of amides is 1. The number of ether oxygens (including phenoxy) is 1. The number of sulfonamides is 1. The van der Waals surface area contributed by atoms with Gasteiger partial charge in [-0.05, 0) is 24.6 Å². The van der Waals surface area contributed by atoms with Gasteiger partial charge < -0.3 is 15.0 Å². The summed E-state index contributed by atoms with van der Waals surface area (Å²) in [6.07, 6.45) is 1.20. The summed E-state index contributed by atoms with van der Waals surface area (Å²) in [4.78, 5) is 13.9.